The van der Waals surface area contributed by atoms with Crippen molar-refractivity contribution in [2.24, 2.45) is 5.73 Å². The number of aryl methyl sites for hydroxylation is 1. The van der Waals surface area contributed by atoms with Gasteiger partial charge in [-0.1, -0.05) is 48.1 Å². The molecule has 0 atom stereocenters. The molecule has 4 heteroatoms. The molecule has 3 N–H and O–H groups in total. The Morgan fingerprint density at radius 2 is 2.00 bits per heavy atom. The standard InChI is InChI=1S/C15H15ClN2S/c1-10-4-2-3-5-11(10)9-18-14-8-12(16)6-7-13(14)15(17)19/h2-8,18H,9H2,1H3,(H2,17,19). The first-order chi connectivity index (χ1) is 9.08. The van der Waals surface area contributed by atoms with Gasteiger partial charge < -0.3 is 11.1 Å². The Labute approximate surface area is 123 Å². The van der Waals surface area contributed by atoms with E-state index < -0.39 is 0 Å². The van der Waals surface area contributed by atoms with Gasteiger partial charge in [0.05, 0.1) is 0 Å². The number of nitrogens with two attached hydrogens (primary N) is 1. The fourth-order valence-corrected chi connectivity index (χ4v) is 2.23. The van der Waals surface area contributed by atoms with Gasteiger partial charge in [-0.25, -0.2) is 0 Å². The highest BCUT2D eigenvalue weighted by Gasteiger charge is 2.06. The van der Waals surface area contributed by atoms with E-state index >= 15 is 0 Å². The van der Waals surface area contributed by atoms with Crippen molar-refractivity contribution in [2.75, 3.05) is 5.32 Å². The van der Waals surface area contributed by atoms with Crippen LogP contribution in [0.2, 0.25) is 5.02 Å². The summed E-state index contributed by atoms with van der Waals surface area (Å²) < 4.78 is 0. The Balaban J connectivity index is 2.22. The fraction of sp³-hybridized carbons (Fsp3) is 0.133. The lowest BCUT2D eigenvalue weighted by atomic mass is 10.1. The summed E-state index contributed by atoms with van der Waals surface area (Å²) in [6, 6.07) is 13.7. The van der Waals surface area contributed by atoms with Crippen LogP contribution in [0.25, 0.3) is 0 Å². The van der Waals surface area contributed by atoms with Crippen molar-refractivity contribution in [3.63, 3.8) is 0 Å². The molecule has 0 unspecified atom stereocenters. The summed E-state index contributed by atoms with van der Waals surface area (Å²) in [4.78, 5) is 0.365. The summed E-state index contributed by atoms with van der Waals surface area (Å²) >= 11 is 11.1. The maximum atomic E-state index is 6.01. The SMILES string of the molecule is Cc1ccccc1CNc1cc(Cl)ccc1C(N)=S. The van der Waals surface area contributed by atoms with Crippen LogP contribution in [-0.2, 0) is 6.54 Å². The number of hydrogen-bond acceptors (Lipinski definition) is 2. The second-order valence-corrected chi connectivity index (χ2v) is 5.21. The molecule has 0 bridgehead atoms. The predicted octanol–water partition coefficient (Wildman–Crippen LogP) is 3.89. The number of thiocarbonyl (C=S) groups is 1. The van der Waals surface area contributed by atoms with E-state index in [2.05, 4.69) is 24.4 Å². The zero-order chi connectivity index (χ0) is 13.8. The molecule has 0 fully saturated rings. The predicted molar refractivity (Wildman–Crippen MR) is 85.8 cm³/mol. The number of rotatable bonds is 4. The van der Waals surface area contributed by atoms with Gasteiger partial charge in [-0.05, 0) is 36.2 Å². The summed E-state index contributed by atoms with van der Waals surface area (Å²) in [6.07, 6.45) is 0. The molecule has 0 heterocycles. The van der Waals surface area contributed by atoms with Crippen LogP contribution >= 0.6 is 23.8 Å². The summed E-state index contributed by atoms with van der Waals surface area (Å²) in [6.45, 7) is 2.80. The highest BCUT2D eigenvalue weighted by molar-refractivity contribution is 7.80. The minimum atomic E-state index is 0.365. The van der Waals surface area contributed by atoms with Crippen molar-refractivity contribution in [2.45, 2.75) is 13.5 Å². The summed E-state index contributed by atoms with van der Waals surface area (Å²) in [5, 5.41) is 4.00. The second-order valence-electron chi connectivity index (χ2n) is 4.33. The van der Waals surface area contributed by atoms with Crippen LogP contribution in [0.5, 0.6) is 0 Å². The lowest BCUT2D eigenvalue weighted by Gasteiger charge is -2.13. The van der Waals surface area contributed by atoms with Crippen LogP contribution in [0.15, 0.2) is 42.5 Å². The molecular formula is C15H15ClN2S. The van der Waals surface area contributed by atoms with Crippen molar-refractivity contribution >= 4 is 34.5 Å². The molecule has 0 aromatic heterocycles. The Morgan fingerprint density at radius 1 is 1.26 bits per heavy atom. The van der Waals surface area contributed by atoms with E-state index in [0.29, 0.717) is 16.6 Å². The van der Waals surface area contributed by atoms with Gasteiger partial charge in [-0.3, -0.25) is 0 Å². The lowest BCUT2D eigenvalue weighted by Crippen LogP contribution is -2.13. The van der Waals surface area contributed by atoms with Crippen LogP contribution in [0.3, 0.4) is 0 Å². The topological polar surface area (TPSA) is 38.0 Å². The van der Waals surface area contributed by atoms with Crippen LogP contribution in [0.4, 0.5) is 5.69 Å². The van der Waals surface area contributed by atoms with Crippen molar-refractivity contribution in [1.82, 2.24) is 0 Å². The van der Waals surface area contributed by atoms with E-state index in [-0.39, 0.29) is 0 Å². The quantitative estimate of drug-likeness (QED) is 0.839. The summed E-state index contributed by atoms with van der Waals surface area (Å²) in [5.41, 5.74) is 9.87. The minimum absolute atomic E-state index is 0.365. The van der Waals surface area contributed by atoms with E-state index in [1.807, 2.05) is 24.3 Å². The second kappa shape index (κ2) is 6.04. The summed E-state index contributed by atoms with van der Waals surface area (Å²) in [7, 11) is 0. The molecule has 0 saturated heterocycles. The third-order valence-corrected chi connectivity index (χ3v) is 3.43. The van der Waals surface area contributed by atoms with Gasteiger partial charge in [-0.2, -0.15) is 0 Å². The Bertz CT molecular complexity index is 611. The Morgan fingerprint density at radius 3 is 2.68 bits per heavy atom. The molecule has 0 aliphatic rings. The van der Waals surface area contributed by atoms with Crippen LogP contribution in [0, 0.1) is 6.92 Å². The van der Waals surface area contributed by atoms with Gasteiger partial charge in [0, 0.05) is 22.8 Å². The lowest BCUT2D eigenvalue weighted by molar-refractivity contribution is 1.12. The van der Waals surface area contributed by atoms with Crippen LogP contribution in [-0.4, -0.2) is 4.99 Å². The normalized spacial score (nSPS) is 10.2. The van der Waals surface area contributed by atoms with Gasteiger partial charge in [0.2, 0.25) is 0 Å². The number of halogens is 1. The number of nitrogens with one attached hydrogen (secondary N) is 1. The zero-order valence-electron chi connectivity index (χ0n) is 10.6. The first-order valence-corrected chi connectivity index (χ1v) is 6.74. The zero-order valence-corrected chi connectivity index (χ0v) is 12.2. The third kappa shape index (κ3) is 3.46. The van der Waals surface area contributed by atoms with Gasteiger partial charge in [0.1, 0.15) is 4.99 Å². The van der Waals surface area contributed by atoms with Crippen molar-refractivity contribution in [3.05, 3.63) is 64.2 Å². The molecule has 2 aromatic rings. The van der Waals surface area contributed by atoms with Crippen molar-refractivity contribution in [3.8, 4) is 0 Å². The average molecular weight is 291 g/mol. The minimum Gasteiger partial charge on any atom is -0.389 e. The largest absolute Gasteiger partial charge is 0.389 e. The van der Waals surface area contributed by atoms with E-state index in [9.17, 15) is 0 Å². The Kier molecular flexibility index (Phi) is 4.40. The first kappa shape index (κ1) is 13.8. The maximum Gasteiger partial charge on any atom is 0.106 e. The smallest absolute Gasteiger partial charge is 0.106 e. The molecular weight excluding hydrogens is 276 g/mol. The van der Waals surface area contributed by atoms with E-state index in [0.717, 1.165) is 11.3 Å². The molecule has 19 heavy (non-hydrogen) atoms. The molecule has 2 nitrogen and oxygen atoms in total. The van der Waals surface area contributed by atoms with E-state index in [4.69, 9.17) is 29.6 Å². The van der Waals surface area contributed by atoms with Gasteiger partial charge in [0.15, 0.2) is 0 Å². The van der Waals surface area contributed by atoms with E-state index in [1.165, 1.54) is 11.1 Å². The molecule has 0 aliphatic heterocycles. The number of anilines is 1. The summed E-state index contributed by atoms with van der Waals surface area (Å²) in [5.74, 6) is 0. The highest BCUT2D eigenvalue weighted by atomic mass is 35.5. The average Bonchev–Trinajstić information content (AvgIpc) is 2.37. The number of hydrogen-bond donors (Lipinski definition) is 2. The molecule has 98 valence electrons. The van der Waals surface area contributed by atoms with Gasteiger partial charge >= 0.3 is 0 Å². The van der Waals surface area contributed by atoms with Gasteiger partial charge in [0.25, 0.3) is 0 Å². The van der Waals surface area contributed by atoms with Crippen LogP contribution < -0.4 is 11.1 Å². The maximum absolute atomic E-state index is 6.01. The Hall–Kier alpha value is -1.58. The molecule has 0 amide bonds. The molecule has 0 radical (unpaired) electrons. The van der Waals surface area contributed by atoms with Gasteiger partial charge in [-0.15, -0.1) is 0 Å². The first-order valence-electron chi connectivity index (χ1n) is 5.95. The van der Waals surface area contributed by atoms with Crippen LogP contribution in [0.1, 0.15) is 16.7 Å². The molecule has 0 spiro atoms. The molecule has 0 aliphatic carbocycles. The highest BCUT2D eigenvalue weighted by Crippen LogP contribution is 2.22. The molecule has 0 saturated carbocycles. The van der Waals surface area contributed by atoms with Crippen molar-refractivity contribution in [1.29, 1.82) is 0 Å². The fourth-order valence-electron chi connectivity index (χ4n) is 1.88. The monoisotopic (exact) mass is 290 g/mol. The van der Waals surface area contributed by atoms with Crippen molar-refractivity contribution < 1.29 is 0 Å². The molecule has 2 aromatic carbocycles. The van der Waals surface area contributed by atoms with E-state index in [1.54, 1.807) is 6.07 Å². The number of benzene rings is 2. The third-order valence-electron chi connectivity index (χ3n) is 2.98. The molecule has 2 rings (SSSR count).